The highest BCUT2D eigenvalue weighted by Crippen LogP contribution is 2.22. The number of H-pyrrole nitrogens is 1. The summed E-state index contributed by atoms with van der Waals surface area (Å²) in [4.78, 5) is 8.74. The Balaban J connectivity index is 1.62. The van der Waals surface area contributed by atoms with Crippen LogP contribution in [0.25, 0.3) is 11.4 Å². The number of aromatic nitrogens is 5. The fourth-order valence-electron chi connectivity index (χ4n) is 1.85. The molecule has 2 heterocycles. The number of thioether (sulfide) groups is 1. The summed E-state index contributed by atoms with van der Waals surface area (Å²) in [6, 6.07) is 7.43. The van der Waals surface area contributed by atoms with E-state index in [0.717, 1.165) is 24.2 Å². The van der Waals surface area contributed by atoms with Crippen LogP contribution in [0.1, 0.15) is 25.1 Å². The fraction of sp³-hybridized carbons (Fsp3) is 0.286. The Labute approximate surface area is 136 Å². The van der Waals surface area contributed by atoms with Gasteiger partial charge in [0.05, 0.1) is 5.75 Å². The van der Waals surface area contributed by atoms with Gasteiger partial charge in [-0.3, -0.25) is 5.10 Å². The van der Waals surface area contributed by atoms with Gasteiger partial charge in [0.1, 0.15) is 0 Å². The van der Waals surface area contributed by atoms with E-state index in [9.17, 15) is 0 Å². The van der Waals surface area contributed by atoms with Crippen LogP contribution in [0.5, 0.6) is 0 Å². The van der Waals surface area contributed by atoms with Crippen LogP contribution in [0, 0.1) is 0 Å². The first-order valence-electron chi connectivity index (χ1n) is 6.87. The molecule has 0 saturated heterocycles. The highest BCUT2D eigenvalue weighted by molar-refractivity contribution is 7.98. The summed E-state index contributed by atoms with van der Waals surface area (Å²) >= 11 is 7.32. The first kappa shape index (κ1) is 15.1. The van der Waals surface area contributed by atoms with Crippen LogP contribution >= 0.6 is 23.4 Å². The van der Waals surface area contributed by atoms with Crippen molar-refractivity contribution < 1.29 is 4.52 Å². The molecule has 6 nitrogen and oxygen atoms in total. The van der Waals surface area contributed by atoms with Crippen molar-refractivity contribution in [1.82, 2.24) is 25.3 Å². The van der Waals surface area contributed by atoms with Gasteiger partial charge in [0.15, 0.2) is 11.6 Å². The third-order valence-electron chi connectivity index (χ3n) is 2.89. The molecule has 0 radical (unpaired) electrons. The quantitative estimate of drug-likeness (QED) is 0.691. The van der Waals surface area contributed by atoms with Crippen LogP contribution in [0.15, 0.2) is 33.9 Å². The van der Waals surface area contributed by atoms with E-state index in [1.807, 2.05) is 24.3 Å². The molecule has 0 bridgehead atoms. The zero-order valence-electron chi connectivity index (χ0n) is 11.9. The monoisotopic (exact) mass is 335 g/mol. The normalized spacial score (nSPS) is 11.0. The Hall–Kier alpha value is -1.86. The number of aromatic amines is 1. The lowest BCUT2D eigenvalue weighted by Crippen LogP contribution is -1.87. The number of hydrogen-bond acceptors (Lipinski definition) is 6. The molecule has 2 aromatic heterocycles. The maximum Gasteiger partial charge on any atom is 0.237 e. The lowest BCUT2D eigenvalue weighted by Gasteiger charge is -1.95. The summed E-state index contributed by atoms with van der Waals surface area (Å²) in [6.45, 7) is 2.08. The number of nitrogens with one attached hydrogen (secondary N) is 1. The van der Waals surface area contributed by atoms with E-state index < -0.39 is 0 Å². The van der Waals surface area contributed by atoms with E-state index >= 15 is 0 Å². The van der Waals surface area contributed by atoms with Gasteiger partial charge < -0.3 is 4.52 Å². The van der Waals surface area contributed by atoms with Gasteiger partial charge in [0.2, 0.25) is 11.0 Å². The van der Waals surface area contributed by atoms with Crippen molar-refractivity contribution in [2.75, 3.05) is 0 Å². The molecule has 0 fully saturated rings. The molecule has 0 atom stereocenters. The van der Waals surface area contributed by atoms with E-state index in [4.69, 9.17) is 16.1 Å². The first-order chi connectivity index (χ1) is 10.7. The van der Waals surface area contributed by atoms with Crippen molar-refractivity contribution in [3.05, 3.63) is 41.0 Å². The summed E-state index contributed by atoms with van der Waals surface area (Å²) in [5, 5.41) is 12.3. The number of hydrogen-bond donors (Lipinski definition) is 1. The van der Waals surface area contributed by atoms with Crippen LogP contribution in [0.3, 0.4) is 0 Å². The Bertz CT molecular complexity index is 740. The molecule has 0 spiro atoms. The second kappa shape index (κ2) is 6.93. The summed E-state index contributed by atoms with van der Waals surface area (Å²) in [7, 11) is 0. The van der Waals surface area contributed by atoms with E-state index in [1.165, 1.54) is 11.8 Å². The van der Waals surface area contributed by atoms with Crippen molar-refractivity contribution in [1.29, 1.82) is 0 Å². The van der Waals surface area contributed by atoms with Gasteiger partial charge in [0, 0.05) is 17.0 Å². The average Bonchev–Trinajstić information content (AvgIpc) is 3.16. The summed E-state index contributed by atoms with van der Waals surface area (Å²) in [5.74, 6) is 2.59. The molecule has 0 aliphatic rings. The second-order valence-electron chi connectivity index (χ2n) is 4.62. The summed E-state index contributed by atoms with van der Waals surface area (Å²) in [6.07, 6.45) is 1.83. The average molecular weight is 336 g/mol. The number of benzene rings is 1. The first-order valence-corrected chi connectivity index (χ1v) is 8.23. The molecule has 0 aliphatic heterocycles. The molecule has 0 aliphatic carbocycles. The van der Waals surface area contributed by atoms with E-state index in [2.05, 4.69) is 32.2 Å². The molecule has 8 heteroatoms. The molecule has 3 aromatic rings. The van der Waals surface area contributed by atoms with Gasteiger partial charge in [-0.25, -0.2) is 4.98 Å². The molecule has 1 N–H and O–H groups in total. The number of nitrogens with zero attached hydrogens (tertiary/aromatic N) is 4. The second-order valence-corrected chi connectivity index (χ2v) is 6.00. The van der Waals surface area contributed by atoms with E-state index in [1.54, 1.807) is 0 Å². The lowest BCUT2D eigenvalue weighted by molar-refractivity contribution is 0.384. The lowest BCUT2D eigenvalue weighted by atomic mass is 10.2. The molecule has 0 unspecified atom stereocenters. The zero-order chi connectivity index (χ0) is 15.4. The van der Waals surface area contributed by atoms with Crippen molar-refractivity contribution >= 4 is 23.4 Å². The Kier molecular flexibility index (Phi) is 4.74. The van der Waals surface area contributed by atoms with Gasteiger partial charge >= 0.3 is 0 Å². The van der Waals surface area contributed by atoms with E-state index in [0.29, 0.717) is 27.6 Å². The minimum Gasteiger partial charge on any atom is -0.338 e. The van der Waals surface area contributed by atoms with E-state index in [-0.39, 0.29) is 0 Å². The van der Waals surface area contributed by atoms with Gasteiger partial charge in [-0.05, 0) is 30.7 Å². The predicted molar refractivity (Wildman–Crippen MR) is 84.7 cm³/mol. The van der Waals surface area contributed by atoms with Crippen molar-refractivity contribution in [3.8, 4) is 11.4 Å². The topological polar surface area (TPSA) is 80.5 Å². The highest BCUT2D eigenvalue weighted by Gasteiger charge is 2.10. The van der Waals surface area contributed by atoms with Gasteiger partial charge in [-0.2, -0.15) is 4.98 Å². The fourth-order valence-corrected chi connectivity index (χ4v) is 2.61. The number of aryl methyl sites for hydroxylation is 1. The largest absolute Gasteiger partial charge is 0.338 e. The molecule has 0 amide bonds. The third-order valence-corrected chi connectivity index (χ3v) is 3.98. The van der Waals surface area contributed by atoms with Crippen LogP contribution in [0.4, 0.5) is 0 Å². The maximum atomic E-state index is 5.87. The van der Waals surface area contributed by atoms with Gasteiger partial charge in [-0.15, -0.1) is 5.10 Å². The van der Waals surface area contributed by atoms with Gasteiger partial charge in [0.25, 0.3) is 0 Å². The molecular weight excluding hydrogens is 322 g/mol. The molecule has 0 saturated carbocycles. The third kappa shape index (κ3) is 3.66. The van der Waals surface area contributed by atoms with Crippen molar-refractivity contribution in [2.24, 2.45) is 0 Å². The van der Waals surface area contributed by atoms with Crippen LogP contribution in [-0.4, -0.2) is 25.3 Å². The molecule has 1 aromatic carbocycles. The highest BCUT2D eigenvalue weighted by atomic mass is 35.5. The molecule has 114 valence electrons. The Morgan fingerprint density at radius 2 is 2.05 bits per heavy atom. The predicted octanol–water partition coefficient (Wildman–Crippen LogP) is 3.75. The Morgan fingerprint density at radius 3 is 2.82 bits per heavy atom. The van der Waals surface area contributed by atoms with Crippen molar-refractivity contribution in [2.45, 2.75) is 30.7 Å². The SMILES string of the molecule is CCCc1noc(CSc2n[nH]c(-c3ccc(Cl)cc3)n2)n1. The molecular formula is C14H14ClN5OS. The summed E-state index contributed by atoms with van der Waals surface area (Å²) in [5.41, 5.74) is 0.937. The maximum absolute atomic E-state index is 5.87. The smallest absolute Gasteiger partial charge is 0.237 e. The minimum atomic E-state index is 0.550. The van der Waals surface area contributed by atoms with Crippen molar-refractivity contribution in [3.63, 3.8) is 0 Å². The standard InChI is InChI=1S/C14H14ClN5OS/c1-2-3-11-16-12(21-20-11)8-22-14-17-13(18-19-14)9-4-6-10(15)7-5-9/h4-7H,2-3,8H2,1H3,(H,17,18,19). The number of halogens is 1. The van der Waals surface area contributed by atoms with Crippen LogP contribution in [-0.2, 0) is 12.2 Å². The molecule has 22 heavy (non-hydrogen) atoms. The molecule has 3 rings (SSSR count). The van der Waals surface area contributed by atoms with Crippen LogP contribution in [0.2, 0.25) is 5.02 Å². The summed E-state index contributed by atoms with van der Waals surface area (Å²) < 4.78 is 5.18. The van der Waals surface area contributed by atoms with Gasteiger partial charge in [-0.1, -0.05) is 35.4 Å². The Morgan fingerprint density at radius 1 is 1.23 bits per heavy atom. The minimum absolute atomic E-state index is 0.550. The zero-order valence-corrected chi connectivity index (χ0v) is 13.5. The van der Waals surface area contributed by atoms with Crippen LogP contribution < -0.4 is 0 Å². The number of rotatable bonds is 6.